The third-order valence-corrected chi connectivity index (χ3v) is 14.9. The summed E-state index contributed by atoms with van der Waals surface area (Å²) in [6.45, 7) is 3.84. The number of sulfonamides is 1. The van der Waals surface area contributed by atoms with Crippen molar-refractivity contribution in [1.82, 2.24) is 4.72 Å². The largest absolute Gasteiger partial charge is 0.481 e. The summed E-state index contributed by atoms with van der Waals surface area (Å²) >= 11 is 0. The lowest BCUT2D eigenvalue weighted by Gasteiger charge is -2.30. The fraction of sp³-hybridized carbons (Fsp3) is 0.526. The van der Waals surface area contributed by atoms with Gasteiger partial charge in [-0.1, -0.05) is 6.08 Å². The first-order valence-corrected chi connectivity index (χ1v) is 25.3. The highest BCUT2D eigenvalue weighted by Gasteiger charge is 2.48. The highest BCUT2D eigenvalue weighted by Crippen LogP contribution is 2.51. The Morgan fingerprint density at radius 2 is 1.45 bits per heavy atom. The van der Waals surface area contributed by atoms with Crippen molar-refractivity contribution in [3.05, 3.63) is 71.5 Å². The number of aliphatic hydroxyl groups excluding tert-OH is 1. The van der Waals surface area contributed by atoms with E-state index in [1.54, 1.807) is 31.2 Å². The number of fused-ring (bicyclic) bond motifs is 2. The predicted octanol–water partition coefficient (Wildman–Crippen LogP) is 3.41. The number of benzene rings is 2. The van der Waals surface area contributed by atoms with Crippen LogP contribution in [0.4, 0.5) is 11.4 Å². The molecule has 2 atom stereocenters. The molecule has 18 nitrogen and oxygen atoms in total. The number of aliphatic carboxylic acids is 1. The van der Waals surface area contributed by atoms with Crippen LogP contribution in [-0.4, -0.2) is 125 Å². The summed E-state index contributed by atoms with van der Waals surface area (Å²) in [6, 6.07) is 8.25. The van der Waals surface area contributed by atoms with Crippen LogP contribution in [0.25, 0.3) is 0 Å². The number of aliphatic hydroxyl groups is 1. The molecule has 0 aliphatic carbocycles. The number of carboxylic acids is 1. The minimum atomic E-state index is -4.67. The monoisotopic (exact) mass is 920 g/mol. The second kappa shape index (κ2) is 19.6. The summed E-state index contributed by atoms with van der Waals surface area (Å²) < 4.78 is 138. The molecule has 6 N–H and O–H groups in total. The first kappa shape index (κ1) is 49.1. The van der Waals surface area contributed by atoms with Crippen LogP contribution < -0.4 is 9.62 Å². The number of nitrogens with zero attached hydrogens (tertiary/aromatic N) is 2. The van der Waals surface area contributed by atoms with Crippen molar-refractivity contribution >= 4 is 63.4 Å². The van der Waals surface area contributed by atoms with E-state index in [1.807, 2.05) is 16.4 Å². The number of unbranched alkanes of at least 4 members (excludes halogenated alkanes) is 2. The molecule has 0 radical (unpaired) electrons. The van der Waals surface area contributed by atoms with Crippen LogP contribution >= 0.6 is 0 Å². The molecule has 2 aliphatic heterocycles. The molecule has 4 rings (SSSR count). The molecule has 2 heterocycles. The average molecular weight is 921 g/mol. The zero-order valence-corrected chi connectivity index (χ0v) is 36.9. The zero-order valence-electron chi connectivity index (χ0n) is 33.6. The van der Waals surface area contributed by atoms with Crippen LogP contribution in [0.2, 0.25) is 0 Å². The van der Waals surface area contributed by atoms with Gasteiger partial charge in [0.2, 0.25) is 15.7 Å². The average Bonchev–Trinajstić information content (AvgIpc) is 3.51. The Balaban J connectivity index is 1.92. The molecule has 2 aromatic carbocycles. The second-order valence-electron chi connectivity index (χ2n) is 15.2. The van der Waals surface area contributed by atoms with Crippen molar-refractivity contribution in [2.24, 2.45) is 0 Å². The molecular formula is C38H54N3O15S4+. The van der Waals surface area contributed by atoms with Crippen LogP contribution in [0.5, 0.6) is 0 Å². The highest BCUT2D eigenvalue weighted by atomic mass is 32.2. The number of rotatable bonds is 24. The first-order chi connectivity index (χ1) is 27.9. The summed E-state index contributed by atoms with van der Waals surface area (Å²) in [5.74, 6) is -1.85. The lowest BCUT2D eigenvalue weighted by molar-refractivity contribution is -0.438. The van der Waals surface area contributed by atoms with E-state index < -0.39 is 69.5 Å². The Morgan fingerprint density at radius 3 is 2.05 bits per heavy atom. The number of hydrogen-bond donors (Lipinski definition) is 6. The first-order valence-electron chi connectivity index (χ1n) is 19.2. The van der Waals surface area contributed by atoms with Gasteiger partial charge in [-0.25, -0.2) is 13.1 Å². The Hall–Kier alpha value is -3.58. The number of methoxy groups -OCH3 is 1. The summed E-state index contributed by atoms with van der Waals surface area (Å²) in [7, 11) is -16.0. The molecule has 334 valence electrons. The van der Waals surface area contributed by atoms with Gasteiger partial charge in [0.05, 0.1) is 39.9 Å². The number of carbonyl (C=O) groups is 1. The summed E-state index contributed by atoms with van der Waals surface area (Å²) in [5.41, 5.74) is 1.13. The van der Waals surface area contributed by atoms with E-state index >= 15 is 0 Å². The van der Waals surface area contributed by atoms with Crippen molar-refractivity contribution in [2.75, 3.05) is 56.4 Å². The number of ether oxygens (including phenoxy) is 1. The molecule has 0 fully saturated rings. The molecule has 2 aromatic rings. The highest BCUT2D eigenvalue weighted by molar-refractivity contribution is 7.89. The van der Waals surface area contributed by atoms with E-state index in [-0.39, 0.29) is 67.3 Å². The zero-order chi connectivity index (χ0) is 44.7. The van der Waals surface area contributed by atoms with Gasteiger partial charge in [0.25, 0.3) is 30.4 Å². The molecular weight excluding hydrogens is 867 g/mol. The van der Waals surface area contributed by atoms with E-state index in [0.717, 1.165) is 0 Å². The Kier molecular flexibility index (Phi) is 16.1. The summed E-state index contributed by atoms with van der Waals surface area (Å²) in [4.78, 5) is 12.3. The van der Waals surface area contributed by atoms with Crippen LogP contribution in [-0.2, 0) is 60.7 Å². The number of allylic oxidation sites excluding steroid dienone is 4. The standard InChI is InChI=1S/C38H53N3O15S4/c1-37(17-8-24-57(45,46)39-19-22-42)30-26-28(59(50,51)52)13-15-32(30)40(20-6-4-5-12-36(43)44)34(37)10-7-11-35-38(2,18-9-25-58(47,48)49)31-27-29(60(53,54)55)14-16-33(31)41(35)21-23-56-3/h7,10-11,13-16,26-27,39,42H,4-6,8-9,12,17-25H2,1-3H3,(H3-,43,44,47,48,49,50,51,52,53,54,55)/p+1. The minimum Gasteiger partial charge on any atom is -0.481 e. The maximum absolute atomic E-state index is 12.8. The van der Waals surface area contributed by atoms with E-state index in [9.17, 15) is 57.2 Å². The normalized spacial score (nSPS) is 20.4. The summed E-state index contributed by atoms with van der Waals surface area (Å²) in [6.07, 6.45) is 6.98. The second-order valence-corrected chi connectivity index (χ2v) is 21.5. The quantitative estimate of drug-likeness (QED) is 0.0500. The van der Waals surface area contributed by atoms with Crippen molar-refractivity contribution in [3.63, 3.8) is 0 Å². The lowest BCUT2D eigenvalue weighted by Crippen LogP contribution is -2.34. The number of anilines is 1. The fourth-order valence-corrected chi connectivity index (χ4v) is 10.6. The predicted molar refractivity (Wildman–Crippen MR) is 223 cm³/mol. The van der Waals surface area contributed by atoms with Gasteiger partial charge in [-0.05, 0) is 94.3 Å². The number of hydrogen-bond acceptors (Lipinski definition) is 12. The van der Waals surface area contributed by atoms with E-state index in [2.05, 4.69) is 4.72 Å². The van der Waals surface area contributed by atoms with Gasteiger partial charge in [-0.15, -0.1) is 0 Å². The van der Waals surface area contributed by atoms with Gasteiger partial charge in [0, 0.05) is 67.5 Å². The van der Waals surface area contributed by atoms with Gasteiger partial charge in [-0.2, -0.15) is 29.8 Å². The molecule has 2 aliphatic rings. The maximum Gasteiger partial charge on any atom is 0.303 e. The fourth-order valence-electron chi connectivity index (χ4n) is 8.03. The van der Waals surface area contributed by atoms with Gasteiger partial charge >= 0.3 is 5.97 Å². The van der Waals surface area contributed by atoms with Crippen LogP contribution in [0.3, 0.4) is 0 Å². The molecule has 60 heavy (non-hydrogen) atoms. The molecule has 0 spiro atoms. The van der Waals surface area contributed by atoms with Crippen molar-refractivity contribution in [3.8, 4) is 0 Å². The summed E-state index contributed by atoms with van der Waals surface area (Å²) in [5, 5.41) is 18.3. The lowest BCUT2D eigenvalue weighted by atomic mass is 9.75. The molecule has 0 amide bonds. The van der Waals surface area contributed by atoms with Crippen LogP contribution in [0.1, 0.15) is 76.3 Å². The van der Waals surface area contributed by atoms with Crippen molar-refractivity contribution in [1.29, 1.82) is 0 Å². The van der Waals surface area contributed by atoms with Gasteiger partial charge in [0.15, 0.2) is 5.71 Å². The Bertz CT molecular complexity index is 2470. The molecule has 0 aromatic heterocycles. The maximum atomic E-state index is 12.8. The van der Waals surface area contributed by atoms with Gasteiger partial charge in [-0.3, -0.25) is 18.5 Å². The van der Waals surface area contributed by atoms with Gasteiger partial charge in [0.1, 0.15) is 6.54 Å². The van der Waals surface area contributed by atoms with Crippen molar-refractivity contribution < 1.29 is 71.6 Å². The van der Waals surface area contributed by atoms with Crippen LogP contribution in [0.15, 0.2) is 70.1 Å². The molecule has 2 unspecified atom stereocenters. The molecule has 0 saturated carbocycles. The van der Waals surface area contributed by atoms with E-state index in [1.165, 1.54) is 37.4 Å². The third kappa shape index (κ3) is 12.1. The van der Waals surface area contributed by atoms with Crippen LogP contribution in [0, 0.1) is 0 Å². The SMILES string of the molecule is COCCN1C(=CC=CC2=[N+](CCCCCC(=O)O)c3ccc(S(=O)(=O)O)cc3C2(C)CCCS(=O)(=O)NCCO)C(C)(CCCS(=O)(=O)O)c2cc(S(=O)(=O)O)ccc21. The van der Waals surface area contributed by atoms with Gasteiger partial charge < -0.3 is 19.8 Å². The molecule has 0 bridgehead atoms. The third-order valence-electron chi connectivity index (χ3n) is 10.9. The number of nitrogens with one attached hydrogen (secondary N) is 1. The Labute approximate surface area is 352 Å². The Morgan fingerprint density at radius 1 is 0.833 bits per heavy atom. The van der Waals surface area contributed by atoms with Crippen molar-refractivity contribution in [2.45, 2.75) is 85.8 Å². The minimum absolute atomic E-state index is 0.0311. The smallest absolute Gasteiger partial charge is 0.303 e. The topological polar surface area (TPSA) is 282 Å². The molecule has 0 saturated heterocycles. The number of carboxylic acid groups (broad SMARTS) is 1. The van der Waals surface area contributed by atoms with E-state index in [0.29, 0.717) is 59.7 Å². The molecule has 22 heteroatoms. The van der Waals surface area contributed by atoms with E-state index in [4.69, 9.17) is 9.84 Å².